The lowest BCUT2D eigenvalue weighted by Crippen LogP contribution is -2.04. The van der Waals surface area contributed by atoms with Gasteiger partial charge in [0.15, 0.2) is 0 Å². The zero-order chi connectivity index (χ0) is 12.2. The molecule has 0 saturated carbocycles. The lowest BCUT2D eigenvalue weighted by Gasteiger charge is -2.08. The molecule has 90 valence electrons. The van der Waals surface area contributed by atoms with Crippen molar-refractivity contribution in [2.24, 2.45) is 0 Å². The van der Waals surface area contributed by atoms with Gasteiger partial charge in [0.1, 0.15) is 12.4 Å². The number of benzene rings is 1. The summed E-state index contributed by atoms with van der Waals surface area (Å²) in [5.41, 5.74) is 0.560. The third-order valence-corrected chi connectivity index (χ3v) is 3.45. The van der Waals surface area contributed by atoms with Crippen LogP contribution in [0.3, 0.4) is 0 Å². The first-order valence-corrected chi connectivity index (χ1v) is 6.93. The van der Waals surface area contributed by atoms with Crippen molar-refractivity contribution in [2.45, 2.75) is 11.8 Å². The zero-order valence-electron chi connectivity index (χ0n) is 9.07. The second kappa shape index (κ2) is 5.52. The minimum atomic E-state index is -3.68. The third-order valence-electron chi connectivity index (χ3n) is 1.97. The van der Waals surface area contributed by atoms with Crippen molar-refractivity contribution in [3.63, 3.8) is 0 Å². The second-order valence-electron chi connectivity index (χ2n) is 3.21. The van der Waals surface area contributed by atoms with E-state index in [1.54, 1.807) is 26.2 Å². The SMILES string of the molecule is COCCOc1ccc(S(=O)(=O)Cl)c(C)c1. The van der Waals surface area contributed by atoms with Crippen molar-refractivity contribution in [3.05, 3.63) is 23.8 Å². The molecule has 0 unspecified atom stereocenters. The highest BCUT2D eigenvalue weighted by atomic mass is 35.7. The van der Waals surface area contributed by atoms with Gasteiger partial charge < -0.3 is 9.47 Å². The van der Waals surface area contributed by atoms with Gasteiger partial charge in [0.05, 0.1) is 11.5 Å². The molecule has 16 heavy (non-hydrogen) atoms. The van der Waals surface area contributed by atoms with Crippen LogP contribution in [-0.2, 0) is 13.8 Å². The molecule has 0 aliphatic carbocycles. The van der Waals surface area contributed by atoms with Crippen molar-refractivity contribution in [2.75, 3.05) is 20.3 Å². The van der Waals surface area contributed by atoms with E-state index in [9.17, 15) is 8.42 Å². The van der Waals surface area contributed by atoms with Crippen molar-refractivity contribution >= 4 is 19.7 Å². The van der Waals surface area contributed by atoms with Crippen LogP contribution in [0.2, 0.25) is 0 Å². The van der Waals surface area contributed by atoms with Gasteiger partial charge in [-0.1, -0.05) is 0 Å². The second-order valence-corrected chi connectivity index (χ2v) is 5.74. The van der Waals surface area contributed by atoms with Gasteiger partial charge in [-0.2, -0.15) is 0 Å². The Morgan fingerprint density at radius 1 is 1.31 bits per heavy atom. The van der Waals surface area contributed by atoms with E-state index >= 15 is 0 Å². The molecule has 0 fully saturated rings. The van der Waals surface area contributed by atoms with Crippen molar-refractivity contribution in [1.29, 1.82) is 0 Å². The molecule has 1 aromatic rings. The van der Waals surface area contributed by atoms with E-state index in [-0.39, 0.29) is 4.90 Å². The molecule has 0 heterocycles. The standard InChI is InChI=1S/C10H13ClO4S/c1-8-7-9(15-6-5-14-2)3-4-10(8)16(11,12)13/h3-4,7H,5-6H2,1-2H3. The number of hydrogen-bond acceptors (Lipinski definition) is 4. The average Bonchev–Trinajstić information content (AvgIpc) is 2.16. The molecule has 4 nitrogen and oxygen atoms in total. The molecule has 0 aromatic heterocycles. The van der Waals surface area contributed by atoms with Gasteiger partial charge in [0.25, 0.3) is 9.05 Å². The summed E-state index contributed by atoms with van der Waals surface area (Å²) in [6.45, 7) is 2.57. The van der Waals surface area contributed by atoms with E-state index in [4.69, 9.17) is 20.2 Å². The van der Waals surface area contributed by atoms with Crippen LogP contribution in [0, 0.1) is 6.92 Å². The fourth-order valence-corrected chi connectivity index (χ4v) is 2.42. The van der Waals surface area contributed by atoms with Gasteiger partial charge in [0.2, 0.25) is 0 Å². The van der Waals surface area contributed by atoms with E-state index in [0.29, 0.717) is 24.5 Å². The molecule has 0 N–H and O–H groups in total. The summed E-state index contributed by atoms with van der Waals surface area (Å²) in [5.74, 6) is 0.596. The van der Waals surface area contributed by atoms with Gasteiger partial charge in [-0.05, 0) is 30.7 Å². The molecule has 0 amide bonds. The molecule has 0 spiro atoms. The first kappa shape index (κ1) is 13.3. The number of aryl methyl sites for hydroxylation is 1. The molecule has 1 rings (SSSR count). The molecule has 0 saturated heterocycles. The topological polar surface area (TPSA) is 52.6 Å². The average molecular weight is 265 g/mol. The van der Waals surface area contributed by atoms with E-state index in [0.717, 1.165) is 0 Å². The smallest absolute Gasteiger partial charge is 0.261 e. The van der Waals surface area contributed by atoms with Crippen LogP contribution in [0.4, 0.5) is 0 Å². The van der Waals surface area contributed by atoms with E-state index in [2.05, 4.69) is 0 Å². The fourth-order valence-electron chi connectivity index (χ4n) is 1.23. The van der Waals surface area contributed by atoms with Crippen LogP contribution in [0.25, 0.3) is 0 Å². The number of methoxy groups -OCH3 is 1. The Balaban J connectivity index is 2.83. The van der Waals surface area contributed by atoms with E-state index in [1.807, 2.05) is 0 Å². The fraction of sp³-hybridized carbons (Fsp3) is 0.400. The quantitative estimate of drug-likeness (QED) is 0.603. The lowest BCUT2D eigenvalue weighted by atomic mass is 10.2. The summed E-state index contributed by atoms with van der Waals surface area (Å²) in [7, 11) is 3.15. The molecule has 1 aromatic carbocycles. The Bertz CT molecular complexity index is 456. The predicted octanol–water partition coefficient (Wildman–Crippen LogP) is 1.95. The van der Waals surface area contributed by atoms with Crippen LogP contribution in [0.15, 0.2) is 23.1 Å². The molecular weight excluding hydrogens is 252 g/mol. The van der Waals surface area contributed by atoms with Crippen molar-refractivity contribution < 1.29 is 17.9 Å². The maximum Gasteiger partial charge on any atom is 0.261 e. The third kappa shape index (κ3) is 3.66. The largest absolute Gasteiger partial charge is 0.491 e. The zero-order valence-corrected chi connectivity index (χ0v) is 10.6. The Labute approximate surface area is 99.6 Å². The summed E-state index contributed by atoms with van der Waals surface area (Å²) in [5, 5.41) is 0. The minimum Gasteiger partial charge on any atom is -0.491 e. The van der Waals surface area contributed by atoms with E-state index < -0.39 is 9.05 Å². The molecule has 0 bridgehead atoms. The summed E-state index contributed by atoms with van der Waals surface area (Å²) in [6.07, 6.45) is 0. The normalized spacial score (nSPS) is 11.4. The highest BCUT2D eigenvalue weighted by molar-refractivity contribution is 8.13. The summed E-state index contributed by atoms with van der Waals surface area (Å²) < 4.78 is 32.4. The van der Waals surface area contributed by atoms with Gasteiger partial charge in [-0.3, -0.25) is 0 Å². The van der Waals surface area contributed by atoms with Crippen molar-refractivity contribution in [1.82, 2.24) is 0 Å². The lowest BCUT2D eigenvalue weighted by molar-refractivity contribution is 0.146. The van der Waals surface area contributed by atoms with Crippen LogP contribution in [0.5, 0.6) is 5.75 Å². The first-order chi connectivity index (χ1) is 7.45. The van der Waals surface area contributed by atoms with Crippen LogP contribution in [0.1, 0.15) is 5.56 Å². The Morgan fingerprint density at radius 3 is 2.50 bits per heavy atom. The Kier molecular flexibility index (Phi) is 4.58. The number of halogens is 1. The van der Waals surface area contributed by atoms with Crippen LogP contribution in [-0.4, -0.2) is 28.7 Å². The summed E-state index contributed by atoms with van der Waals surface area (Å²) in [4.78, 5) is 0.105. The van der Waals surface area contributed by atoms with Gasteiger partial charge in [-0.25, -0.2) is 8.42 Å². The molecular formula is C10H13ClO4S. The molecule has 0 aliphatic heterocycles. The highest BCUT2D eigenvalue weighted by Gasteiger charge is 2.13. The molecule has 0 aliphatic rings. The van der Waals surface area contributed by atoms with Crippen LogP contribution < -0.4 is 4.74 Å². The Hall–Kier alpha value is -0.780. The number of ether oxygens (including phenoxy) is 2. The first-order valence-electron chi connectivity index (χ1n) is 4.62. The maximum atomic E-state index is 11.1. The van der Waals surface area contributed by atoms with Gasteiger partial charge in [-0.15, -0.1) is 0 Å². The Morgan fingerprint density at radius 2 is 2.00 bits per heavy atom. The molecule has 0 radical (unpaired) electrons. The van der Waals surface area contributed by atoms with Crippen molar-refractivity contribution in [3.8, 4) is 5.75 Å². The molecule has 6 heteroatoms. The van der Waals surface area contributed by atoms with Gasteiger partial charge in [0, 0.05) is 17.8 Å². The highest BCUT2D eigenvalue weighted by Crippen LogP contribution is 2.23. The number of hydrogen-bond donors (Lipinski definition) is 0. The summed E-state index contributed by atoms with van der Waals surface area (Å²) >= 11 is 0. The monoisotopic (exact) mass is 264 g/mol. The molecule has 0 atom stereocenters. The van der Waals surface area contributed by atoms with Gasteiger partial charge >= 0.3 is 0 Å². The number of rotatable bonds is 5. The minimum absolute atomic E-state index is 0.105. The summed E-state index contributed by atoms with van der Waals surface area (Å²) in [6, 6.07) is 4.63. The maximum absolute atomic E-state index is 11.1. The van der Waals surface area contributed by atoms with Crippen LogP contribution >= 0.6 is 10.7 Å². The van der Waals surface area contributed by atoms with E-state index in [1.165, 1.54) is 6.07 Å². The predicted molar refractivity (Wildman–Crippen MR) is 61.6 cm³/mol.